The predicted octanol–water partition coefficient (Wildman–Crippen LogP) is 6.41. The first-order valence-electron chi connectivity index (χ1n) is 12.9. The van der Waals surface area contributed by atoms with Crippen molar-refractivity contribution in [2.75, 3.05) is 0 Å². The van der Waals surface area contributed by atoms with Gasteiger partial charge in [-0.1, -0.05) is 41.0 Å². The van der Waals surface area contributed by atoms with E-state index < -0.39 is 5.41 Å². The molecule has 3 rings (SSSR count). The Morgan fingerprint density at radius 1 is 1.06 bits per heavy atom. The molecule has 1 heterocycles. The minimum Gasteiger partial charge on any atom is -0.462 e. The van der Waals surface area contributed by atoms with Crippen LogP contribution >= 0.6 is 0 Å². The summed E-state index contributed by atoms with van der Waals surface area (Å²) in [7, 11) is 0. The molecule has 178 valence electrons. The lowest BCUT2D eigenvalue weighted by Gasteiger charge is -2.53. The van der Waals surface area contributed by atoms with Crippen molar-refractivity contribution < 1.29 is 19.1 Å². The standard InChI is InChI=1S/C27H46O4/c1-8-27(6,7)26(29)31-23-15-18(4)19(5)22-11-9-17(3)21(25(22)23)12-10-20-13-16(2)14-24(28)30-20/h16-23,25H,8-15H2,1-7H3/t16-,17+,18-,19-,20-,21?,22?,23+,25?/m1/s1. The normalized spacial score (nSPS) is 41.3. The molecule has 2 saturated carbocycles. The van der Waals surface area contributed by atoms with Crippen molar-refractivity contribution in [2.24, 2.45) is 46.8 Å². The highest BCUT2D eigenvalue weighted by molar-refractivity contribution is 5.76. The van der Waals surface area contributed by atoms with E-state index >= 15 is 0 Å². The second kappa shape index (κ2) is 9.83. The summed E-state index contributed by atoms with van der Waals surface area (Å²) in [6.45, 7) is 15.3. The second-order valence-electron chi connectivity index (χ2n) is 11.9. The van der Waals surface area contributed by atoms with Gasteiger partial charge in [0.2, 0.25) is 0 Å². The Balaban J connectivity index is 1.77. The molecule has 0 bridgehead atoms. The van der Waals surface area contributed by atoms with Crippen molar-refractivity contribution in [2.45, 2.75) is 112 Å². The summed E-state index contributed by atoms with van der Waals surface area (Å²) in [5.41, 5.74) is -0.427. The predicted molar refractivity (Wildman–Crippen MR) is 123 cm³/mol. The van der Waals surface area contributed by atoms with E-state index in [-0.39, 0.29) is 24.1 Å². The number of ether oxygens (including phenoxy) is 2. The van der Waals surface area contributed by atoms with Gasteiger partial charge in [0.25, 0.3) is 0 Å². The third kappa shape index (κ3) is 5.47. The van der Waals surface area contributed by atoms with Gasteiger partial charge >= 0.3 is 11.9 Å². The Morgan fingerprint density at radius 3 is 2.42 bits per heavy atom. The fourth-order valence-corrected chi connectivity index (χ4v) is 6.58. The molecule has 31 heavy (non-hydrogen) atoms. The van der Waals surface area contributed by atoms with Crippen LogP contribution in [0.5, 0.6) is 0 Å². The summed E-state index contributed by atoms with van der Waals surface area (Å²) < 4.78 is 12.0. The van der Waals surface area contributed by atoms with Gasteiger partial charge in [-0.15, -0.1) is 0 Å². The first-order chi connectivity index (χ1) is 14.5. The summed E-state index contributed by atoms with van der Waals surface area (Å²) >= 11 is 0. The van der Waals surface area contributed by atoms with Gasteiger partial charge in [-0.2, -0.15) is 0 Å². The van der Waals surface area contributed by atoms with Crippen LogP contribution in [0.3, 0.4) is 0 Å². The minimum atomic E-state index is -0.427. The molecule has 0 spiro atoms. The fraction of sp³-hybridized carbons (Fsp3) is 0.926. The molecule has 0 amide bonds. The molecular formula is C27H46O4. The van der Waals surface area contributed by atoms with Gasteiger partial charge in [0.1, 0.15) is 12.2 Å². The molecule has 4 nitrogen and oxygen atoms in total. The Morgan fingerprint density at radius 2 is 1.77 bits per heavy atom. The fourth-order valence-electron chi connectivity index (χ4n) is 6.58. The lowest BCUT2D eigenvalue weighted by atomic mass is 9.54. The number of hydrogen-bond acceptors (Lipinski definition) is 4. The maximum Gasteiger partial charge on any atom is 0.311 e. The number of rotatable bonds is 6. The van der Waals surface area contributed by atoms with Gasteiger partial charge in [-0.05, 0) is 87.9 Å². The molecule has 9 atom stereocenters. The quantitative estimate of drug-likeness (QED) is 0.453. The Labute approximate surface area is 190 Å². The van der Waals surface area contributed by atoms with E-state index in [0.717, 1.165) is 32.1 Å². The Kier molecular flexibility index (Phi) is 7.79. The van der Waals surface area contributed by atoms with E-state index in [1.54, 1.807) is 0 Å². The van der Waals surface area contributed by atoms with Crippen LogP contribution in [0.2, 0.25) is 0 Å². The van der Waals surface area contributed by atoms with Gasteiger partial charge in [-0.3, -0.25) is 9.59 Å². The Hall–Kier alpha value is -1.06. The highest BCUT2D eigenvalue weighted by Crippen LogP contribution is 2.53. The molecule has 3 unspecified atom stereocenters. The molecular weight excluding hydrogens is 388 g/mol. The molecule has 0 N–H and O–H groups in total. The lowest BCUT2D eigenvalue weighted by molar-refractivity contribution is -0.177. The van der Waals surface area contributed by atoms with Gasteiger partial charge in [0.15, 0.2) is 0 Å². The number of hydrogen-bond donors (Lipinski definition) is 0. The van der Waals surface area contributed by atoms with Gasteiger partial charge in [0, 0.05) is 12.3 Å². The van der Waals surface area contributed by atoms with E-state index in [1.807, 2.05) is 13.8 Å². The van der Waals surface area contributed by atoms with Crippen LogP contribution in [0.25, 0.3) is 0 Å². The second-order valence-corrected chi connectivity index (χ2v) is 11.9. The van der Waals surface area contributed by atoms with Crippen LogP contribution < -0.4 is 0 Å². The zero-order valence-electron chi connectivity index (χ0n) is 21.0. The summed E-state index contributed by atoms with van der Waals surface area (Å²) in [6.07, 6.45) is 7.91. The van der Waals surface area contributed by atoms with Crippen LogP contribution in [-0.4, -0.2) is 24.1 Å². The highest BCUT2D eigenvalue weighted by atomic mass is 16.5. The monoisotopic (exact) mass is 434 g/mol. The maximum atomic E-state index is 13.0. The number of carbonyl (C=O) groups is 2. The summed E-state index contributed by atoms with van der Waals surface area (Å²) in [5.74, 6) is 3.82. The van der Waals surface area contributed by atoms with Crippen molar-refractivity contribution in [1.29, 1.82) is 0 Å². The Bertz CT molecular complexity index is 641. The molecule has 3 fully saturated rings. The molecule has 1 aliphatic heterocycles. The van der Waals surface area contributed by atoms with Crippen molar-refractivity contribution in [3.05, 3.63) is 0 Å². The van der Waals surface area contributed by atoms with E-state index in [4.69, 9.17) is 9.47 Å². The summed E-state index contributed by atoms with van der Waals surface area (Å²) in [4.78, 5) is 24.9. The molecule has 0 radical (unpaired) electrons. The first-order valence-corrected chi connectivity index (χ1v) is 12.9. The average molecular weight is 435 g/mol. The number of cyclic esters (lactones) is 1. The summed E-state index contributed by atoms with van der Waals surface area (Å²) in [6, 6.07) is 0. The molecule has 0 aromatic heterocycles. The molecule has 2 aliphatic carbocycles. The summed E-state index contributed by atoms with van der Waals surface area (Å²) in [5, 5.41) is 0. The van der Waals surface area contributed by atoms with Crippen LogP contribution in [-0.2, 0) is 19.1 Å². The topological polar surface area (TPSA) is 52.6 Å². The van der Waals surface area contributed by atoms with Gasteiger partial charge < -0.3 is 9.47 Å². The molecule has 3 aliphatic rings. The first kappa shape index (κ1) is 24.6. The lowest BCUT2D eigenvalue weighted by Crippen LogP contribution is -2.51. The van der Waals surface area contributed by atoms with Crippen LogP contribution in [0.1, 0.15) is 99.8 Å². The van der Waals surface area contributed by atoms with Crippen LogP contribution in [0.4, 0.5) is 0 Å². The SMILES string of the molecule is CCC(C)(C)C(=O)O[C@H]1C[C@@H](C)[C@@H](C)C2CC[C@H](C)C(CC[C@@H]3C[C@@H](C)CC(=O)O3)C21. The van der Waals surface area contributed by atoms with Crippen molar-refractivity contribution >= 4 is 11.9 Å². The van der Waals surface area contributed by atoms with Crippen LogP contribution in [0, 0.1) is 46.8 Å². The largest absolute Gasteiger partial charge is 0.462 e. The number of carbonyl (C=O) groups excluding carboxylic acids is 2. The molecule has 0 aromatic rings. The zero-order chi connectivity index (χ0) is 22.9. The third-order valence-electron chi connectivity index (χ3n) is 9.28. The van der Waals surface area contributed by atoms with Crippen LogP contribution in [0.15, 0.2) is 0 Å². The van der Waals surface area contributed by atoms with Gasteiger partial charge in [0.05, 0.1) is 5.41 Å². The van der Waals surface area contributed by atoms with Crippen molar-refractivity contribution in [3.63, 3.8) is 0 Å². The van der Waals surface area contributed by atoms with Gasteiger partial charge in [-0.25, -0.2) is 0 Å². The van der Waals surface area contributed by atoms with Crippen molar-refractivity contribution in [3.8, 4) is 0 Å². The smallest absolute Gasteiger partial charge is 0.311 e. The minimum absolute atomic E-state index is 0.0232. The molecule has 1 saturated heterocycles. The third-order valence-corrected chi connectivity index (χ3v) is 9.28. The molecule has 0 aromatic carbocycles. The average Bonchev–Trinajstić information content (AvgIpc) is 2.69. The van der Waals surface area contributed by atoms with E-state index in [0.29, 0.717) is 47.8 Å². The van der Waals surface area contributed by atoms with Crippen molar-refractivity contribution in [1.82, 2.24) is 0 Å². The zero-order valence-corrected chi connectivity index (χ0v) is 21.0. The van der Waals surface area contributed by atoms with E-state index in [9.17, 15) is 9.59 Å². The maximum absolute atomic E-state index is 13.0. The number of esters is 2. The van der Waals surface area contributed by atoms with E-state index in [2.05, 4.69) is 34.6 Å². The van der Waals surface area contributed by atoms with E-state index in [1.165, 1.54) is 12.8 Å². The number of fused-ring (bicyclic) bond motifs is 1. The molecule has 4 heteroatoms. The highest BCUT2D eigenvalue weighted by Gasteiger charge is 2.50.